The second-order valence-corrected chi connectivity index (χ2v) is 6.84. The van der Waals surface area contributed by atoms with E-state index >= 15 is 0 Å². The Morgan fingerprint density at radius 2 is 1.90 bits per heavy atom. The van der Waals surface area contributed by atoms with E-state index in [-0.39, 0.29) is 11.7 Å². The fourth-order valence-electron chi connectivity index (χ4n) is 3.73. The van der Waals surface area contributed by atoms with Gasteiger partial charge in [-0.15, -0.1) is 0 Å². The van der Waals surface area contributed by atoms with E-state index in [1.54, 1.807) is 7.11 Å². The molecular weight excluding hydrogens is 264 g/mol. The van der Waals surface area contributed by atoms with Gasteiger partial charge < -0.3 is 9.64 Å². The van der Waals surface area contributed by atoms with Gasteiger partial charge in [0.2, 0.25) is 5.91 Å². The molecule has 0 bridgehead atoms. The molecule has 1 saturated heterocycles. The third-order valence-electron chi connectivity index (χ3n) is 5.26. The van der Waals surface area contributed by atoms with E-state index in [1.807, 2.05) is 12.1 Å². The lowest BCUT2D eigenvalue weighted by Crippen LogP contribution is -2.47. The van der Waals surface area contributed by atoms with Gasteiger partial charge in [0.25, 0.3) is 0 Å². The number of hydrogen-bond acceptors (Lipinski definition) is 3. The number of nitrogens with zero attached hydrogens (tertiary/aromatic N) is 1. The largest absolute Gasteiger partial charge is 0.497 e. The summed E-state index contributed by atoms with van der Waals surface area (Å²) < 4.78 is 5.23. The van der Waals surface area contributed by atoms with Gasteiger partial charge in [-0.2, -0.15) is 0 Å². The number of carbonyl (C=O) groups is 1. The van der Waals surface area contributed by atoms with Crippen molar-refractivity contribution in [1.29, 1.82) is 0 Å². The molecule has 3 aliphatic rings. The van der Waals surface area contributed by atoms with Gasteiger partial charge >= 0.3 is 0 Å². The first-order valence-corrected chi connectivity index (χ1v) is 7.87. The van der Waals surface area contributed by atoms with Crippen LogP contribution in [0.5, 0.6) is 5.75 Å². The van der Waals surface area contributed by atoms with Gasteiger partial charge in [-0.1, -0.05) is 19.1 Å². The zero-order valence-corrected chi connectivity index (χ0v) is 12.6. The third-order valence-corrected chi connectivity index (χ3v) is 5.26. The monoisotopic (exact) mass is 286 g/mol. The summed E-state index contributed by atoms with van der Waals surface area (Å²) in [4.78, 5) is 14.9. The lowest BCUT2D eigenvalue weighted by atomic mass is 9.80. The molecule has 0 aromatic heterocycles. The van der Waals surface area contributed by atoms with Gasteiger partial charge in [-0.05, 0) is 49.3 Å². The minimum absolute atomic E-state index is 0.0309. The zero-order chi connectivity index (χ0) is 14.6. The zero-order valence-electron chi connectivity index (χ0n) is 12.6. The van der Waals surface area contributed by atoms with Crippen LogP contribution in [0.25, 0.3) is 0 Å². The van der Waals surface area contributed by atoms with Gasteiger partial charge in [0.1, 0.15) is 17.5 Å². The van der Waals surface area contributed by atoms with Gasteiger partial charge in [0, 0.05) is 6.04 Å². The molecule has 1 heterocycles. The molecular formula is C17H22N2O2. The molecule has 1 amide bonds. The molecule has 2 saturated carbocycles. The maximum Gasteiger partial charge on any atom is 0.244 e. The summed E-state index contributed by atoms with van der Waals surface area (Å²) >= 11 is 0. The van der Waals surface area contributed by atoms with Crippen LogP contribution < -0.4 is 10.1 Å². The number of nitrogens with one attached hydrogen (secondary N) is 1. The van der Waals surface area contributed by atoms with E-state index in [0.29, 0.717) is 11.9 Å². The van der Waals surface area contributed by atoms with Crippen LogP contribution in [0.1, 0.15) is 44.3 Å². The van der Waals surface area contributed by atoms with Crippen LogP contribution >= 0.6 is 0 Å². The van der Waals surface area contributed by atoms with E-state index in [0.717, 1.165) is 42.9 Å². The second kappa shape index (κ2) is 4.47. The highest BCUT2D eigenvalue weighted by molar-refractivity contribution is 5.92. The van der Waals surface area contributed by atoms with Crippen molar-refractivity contribution in [1.82, 2.24) is 10.2 Å². The molecule has 3 fully saturated rings. The van der Waals surface area contributed by atoms with Gasteiger partial charge in [0.15, 0.2) is 0 Å². The molecule has 4 heteroatoms. The van der Waals surface area contributed by atoms with Crippen LogP contribution in [0.15, 0.2) is 24.3 Å². The highest BCUT2D eigenvalue weighted by Gasteiger charge is 2.61. The third kappa shape index (κ3) is 1.96. The van der Waals surface area contributed by atoms with Gasteiger partial charge in [0.05, 0.1) is 7.11 Å². The predicted molar refractivity (Wildman–Crippen MR) is 79.9 cm³/mol. The van der Waals surface area contributed by atoms with Crippen molar-refractivity contribution in [2.24, 2.45) is 5.92 Å². The van der Waals surface area contributed by atoms with Crippen molar-refractivity contribution in [3.05, 3.63) is 29.8 Å². The van der Waals surface area contributed by atoms with Crippen LogP contribution in [0.4, 0.5) is 0 Å². The molecule has 0 radical (unpaired) electrons. The highest BCUT2D eigenvalue weighted by atomic mass is 16.5. The number of amides is 1. The minimum Gasteiger partial charge on any atom is -0.497 e. The molecule has 1 aromatic carbocycles. The summed E-state index contributed by atoms with van der Waals surface area (Å²) in [5, 5.41) is 3.59. The molecule has 1 atom stereocenters. The molecule has 4 nitrogen and oxygen atoms in total. The fourth-order valence-corrected chi connectivity index (χ4v) is 3.73. The fraction of sp³-hybridized carbons (Fsp3) is 0.588. The first-order chi connectivity index (χ1) is 10.1. The van der Waals surface area contributed by atoms with E-state index in [4.69, 9.17) is 4.74 Å². The average molecular weight is 286 g/mol. The van der Waals surface area contributed by atoms with E-state index in [9.17, 15) is 4.79 Å². The van der Waals surface area contributed by atoms with Gasteiger partial charge in [-0.25, -0.2) is 0 Å². The maximum atomic E-state index is 12.8. The van der Waals surface area contributed by atoms with E-state index in [1.165, 1.54) is 0 Å². The number of rotatable bonds is 3. The van der Waals surface area contributed by atoms with Crippen molar-refractivity contribution in [2.45, 2.75) is 50.4 Å². The number of methoxy groups -OCH3 is 1. The van der Waals surface area contributed by atoms with Crippen molar-refractivity contribution in [3.8, 4) is 5.75 Å². The Morgan fingerprint density at radius 3 is 2.43 bits per heavy atom. The molecule has 1 aliphatic heterocycles. The summed E-state index contributed by atoms with van der Waals surface area (Å²) in [6.45, 7) is 2.26. The Labute approximate surface area is 125 Å². The molecule has 1 aromatic rings. The van der Waals surface area contributed by atoms with Crippen molar-refractivity contribution in [2.75, 3.05) is 7.11 Å². The standard InChI is InChI=1S/C17H22N2O2/c1-11-9-13(10-11)19-15(18-17(7-8-17)16(19)20)12-3-5-14(21-2)6-4-12/h3-6,11,13,15,18H,7-10H2,1-2H3. The van der Waals surface area contributed by atoms with E-state index in [2.05, 4.69) is 29.3 Å². The molecule has 1 spiro atoms. The second-order valence-electron chi connectivity index (χ2n) is 6.84. The summed E-state index contributed by atoms with van der Waals surface area (Å²) in [6.07, 6.45) is 4.27. The first kappa shape index (κ1) is 13.1. The number of hydrogen-bond donors (Lipinski definition) is 1. The number of ether oxygens (including phenoxy) is 1. The highest BCUT2D eigenvalue weighted by Crippen LogP contribution is 2.49. The topological polar surface area (TPSA) is 41.6 Å². The Bertz CT molecular complexity index is 559. The Kier molecular flexibility index (Phi) is 2.80. The summed E-state index contributed by atoms with van der Waals surface area (Å²) in [5.41, 5.74) is 0.913. The Balaban J connectivity index is 1.63. The van der Waals surface area contributed by atoms with Crippen LogP contribution in [0.3, 0.4) is 0 Å². The average Bonchev–Trinajstić information content (AvgIpc) is 3.19. The van der Waals surface area contributed by atoms with Crippen LogP contribution in [0.2, 0.25) is 0 Å². The normalized spacial score (nSPS) is 33.1. The first-order valence-electron chi connectivity index (χ1n) is 7.87. The van der Waals surface area contributed by atoms with Gasteiger partial charge in [-0.3, -0.25) is 10.1 Å². The molecule has 112 valence electrons. The van der Waals surface area contributed by atoms with Crippen molar-refractivity contribution in [3.63, 3.8) is 0 Å². The maximum absolute atomic E-state index is 12.8. The molecule has 1 N–H and O–H groups in total. The van der Waals surface area contributed by atoms with Crippen molar-refractivity contribution >= 4 is 5.91 Å². The minimum atomic E-state index is -0.247. The Hall–Kier alpha value is -1.55. The summed E-state index contributed by atoms with van der Waals surface area (Å²) in [7, 11) is 1.67. The summed E-state index contributed by atoms with van der Waals surface area (Å²) in [6, 6.07) is 8.50. The number of carbonyl (C=O) groups excluding carboxylic acids is 1. The Morgan fingerprint density at radius 1 is 1.24 bits per heavy atom. The number of benzene rings is 1. The lowest BCUT2D eigenvalue weighted by molar-refractivity contribution is -0.135. The molecule has 21 heavy (non-hydrogen) atoms. The predicted octanol–water partition coefficient (Wildman–Crippen LogP) is 2.46. The van der Waals surface area contributed by atoms with Crippen LogP contribution in [0, 0.1) is 5.92 Å². The van der Waals surface area contributed by atoms with Crippen LogP contribution in [-0.2, 0) is 4.79 Å². The quantitative estimate of drug-likeness (QED) is 0.928. The smallest absolute Gasteiger partial charge is 0.244 e. The molecule has 1 unspecified atom stereocenters. The summed E-state index contributed by atoms with van der Waals surface area (Å²) in [5.74, 6) is 1.92. The SMILES string of the molecule is COc1ccc(C2NC3(CC3)C(=O)N2C2CC(C)C2)cc1. The van der Waals surface area contributed by atoms with E-state index < -0.39 is 0 Å². The van der Waals surface area contributed by atoms with Crippen molar-refractivity contribution < 1.29 is 9.53 Å². The van der Waals surface area contributed by atoms with Crippen LogP contribution in [-0.4, -0.2) is 29.5 Å². The lowest BCUT2D eigenvalue weighted by Gasteiger charge is -2.42. The molecule has 2 aliphatic carbocycles. The molecule has 4 rings (SSSR count).